The molecule has 0 saturated heterocycles. The van der Waals surface area contributed by atoms with E-state index in [9.17, 15) is 0 Å². The van der Waals surface area contributed by atoms with Crippen molar-refractivity contribution >= 4 is 11.4 Å². The van der Waals surface area contributed by atoms with E-state index in [2.05, 4.69) is 20.5 Å². The first-order chi connectivity index (χ1) is 8.85. The lowest BCUT2D eigenvalue weighted by atomic mass is 9.96. The molecule has 0 aromatic heterocycles. The van der Waals surface area contributed by atoms with Crippen LogP contribution < -0.4 is 0 Å². The second-order valence-corrected chi connectivity index (χ2v) is 3.44. The lowest BCUT2D eigenvalue weighted by Gasteiger charge is -2.10. The molecule has 0 spiro atoms. The molecule has 0 heterocycles. The predicted octanol–water partition coefficient (Wildman–Crippen LogP) is 3.12. The lowest BCUT2D eigenvalue weighted by molar-refractivity contribution is 1.22. The van der Waals surface area contributed by atoms with Crippen molar-refractivity contribution in [3.8, 4) is 0 Å². The van der Waals surface area contributed by atoms with E-state index in [1.165, 1.54) is 0 Å². The summed E-state index contributed by atoms with van der Waals surface area (Å²) in [5.74, 6) is 0. The van der Waals surface area contributed by atoms with Gasteiger partial charge in [-0.05, 0) is 17.4 Å². The zero-order valence-corrected chi connectivity index (χ0v) is 9.30. The van der Waals surface area contributed by atoms with E-state index in [0.29, 0.717) is 11.4 Å². The minimum Gasteiger partial charge on any atom is -0.362 e. The summed E-state index contributed by atoms with van der Waals surface area (Å²) in [6, 6.07) is 0. The highest BCUT2D eigenvalue weighted by atomic mass is 15.3. The van der Waals surface area contributed by atoms with Gasteiger partial charge in [-0.25, -0.2) is 0 Å². The molecule has 86 valence electrons. The Bertz CT molecular complexity index is 601. The molecule has 0 saturated carbocycles. The van der Waals surface area contributed by atoms with E-state index in [1.54, 1.807) is 18.2 Å². The van der Waals surface area contributed by atoms with E-state index in [0.717, 1.165) is 11.1 Å². The summed E-state index contributed by atoms with van der Waals surface area (Å²) in [7, 11) is 0. The number of rotatable bonds is 1. The fraction of sp³-hybridized carbons (Fsp3) is 0. The maximum atomic E-state index is 8.51. The Balaban J connectivity index is 2.40. The van der Waals surface area contributed by atoms with Gasteiger partial charge in [-0.2, -0.15) is 0 Å². The van der Waals surface area contributed by atoms with Crippen LogP contribution in [0.5, 0.6) is 0 Å². The molecular formula is C12H8N6. The molecule has 0 unspecified atom stereocenters. The fourth-order valence-electron chi connectivity index (χ4n) is 1.61. The molecule has 6 heteroatoms. The molecule has 0 radical (unpaired) electrons. The molecule has 0 aromatic carbocycles. The van der Waals surface area contributed by atoms with Crippen molar-refractivity contribution in [3.05, 3.63) is 70.4 Å². The number of nitrogens with zero attached hydrogens (tertiary/aromatic N) is 6. The van der Waals surface area contributed by atoms with E-state index in [4.69, 9.17) is 10.9 Å². The van der Waals surface area contributed by atoms with Crippen molar-refractivity contribution in [2.75, 3.05) is 0 Å². The third-order valence-electron chi connectivity index (χ3n) is 2.40. The van der Waals surface area contributed by atoms with Crippen molar-refractivity contribution in [2.24, 2.45) is 15.4 Å². The standard InChI is InChI=1S/C12H8N6/c13-17-15-10-7-5-9(6-8-10)11-3-1-2-4-12(11)16-18-14/h1-8H/b11-9?,15-10?,16-12-. The van der Waals surface area contributed by atoms with Gasteiger partial charge in [0.15, 0.2) is 10.8 Å². The van der Waals surface area contributed by atoms with Gasteiger partial charge in [-0.3, -0.25) is 5.22 Å². The molecule has 0 atom stereocenters. The fourth-order valence-corrected chi connectivity index (χ4v) is 1.61. The highest BCUT2D eigenvalue weighted by Crippen LogP contribution is 2.19. The largest absolute Gasteiger partial charge is 0.362 e. The van der Waals surface area contributed by atoms with Crippen LogP contribution in [0.1, 0.15) is 0 Å². The second kappa shape index (κ2) is 5.41. The molecule has 0 aliphatic heterocycles. The Morgan fingerprint density at radius 3 is 2.39 bits per heavy atom. The molecule has 6 nitrogen and oxygen atoms in total. The van der Waals surface area contributed by atoms with Crippen molar-refractivity contribution < 1.29 is 0 Å². The van der Waals surface area contributed by atoms with Crippen molar-refractivity contribution in [2.45, 2.75) is 0 Å². The predicted molar refractivity (Wildman–Crippen MR) is 69.3 cm³/mol. The highest BCUT2D eigenvalue weighted by molar-refractivity contribution is 6.14. The molecule has 0 bridgehead atoms. The summed E-state index contributed by atoms with van der Waals surface area (Å²) in [6.45, 7) is 0. The lowest BCUT2D eigenvalue weighted by Crippen LogP contribution is -2.04. The normalized spacial score (nSPS) is 19.3. The van der Waals surface area contributed by atoms with Gasteiger partial charge in [0.25, 0.3) is 5.39 Å². The Morgan fingerprint density at radius 2 is 1.72 bits per heavy atom. The van der Waals surface area contributed by atoms with Crippen LogP contribution in [0.25, 0.3) is 10.6 Å². The van der Waals surface area contributed by atoms with Gasteiger partial charge in [0.2, 0.25) is 0 Å². The van der Waals surface area contributed by atoms with Gasteiger partial charge in [0.1, 0.15) is 0 Å². The maximum absolute atomic E-state index is 8.51. The topological polar surface area (TPSA) is 87.5 Å². The summed E-state index contributed by atoms with van der Waals surface area (Å²) in [5.41, 5.74) is 11.2. The van der Waals surface area contributed by atoms with Gasteiger partial charge in [-0.15, -0.1) is 0 Å². The molecule has 2 rings (SSSR count). The molecule has 0 fully saturated rings. The number of allylic oxidation sites excluding steroid dienone is 10. The summed E-state index contributed by atoms with van der Waals surface area (Å²) >= 11 is 0. The first kappa shape index (κ1) is 11.5. The van der Waals surface area contributed by atoms with E-state index in [-0.39, 0.29) is 0 Å². The first-order valence-electron chi connectivity index (χ1n) is 5.15. The summed E-state index contributed by atoms with van der Waals surface area (Å²) in [5, 5.41) is 21.2. The van der Waals surface area contributed by atoms with Crippen LogP contribution >= 0.6 is 0 Å². The van der Waals surface area contributed by atoms with Gasteiger partial charge in [0.05, 0.1) is 0 Å². The number of hydrogen-bond donors (Lipinski definition) is 0. The van der Waals surface area contributed by atoms with Crippen molar-refractivity contribution in [1.29, 1.82) is 5.39 Å². The number of diazo groups is 1. The molecule has 18 heavy (non-hydrogen) atoms. The third kappa shape index (κ3) is 2.41. The molecule has 0 amide bonds. The van der Waals surface area contributed by atoms with Crippen LogP contribution in [0.15, 0.2) is 75.2 Å². The van der Waals surface area contributed by atoms with E-state index in [1.807, 2.05) is 30.4 Å². The van der Waals surface area contributed by atoms with E-state index >= 15 is 0 Å². The zero-order chi connectivity index (χ0) is 12.8. The second-order valence-electron chi connectivity index (χ2n) is 3.44. The van der Waals surface area contributed by atoms with Crippen LogP contribution in [0.4, 0.5) is 0 Å². The average molecular weight is 236 g/mol. The highest BCUT2D eigenvalue weighted by Gasteiger charge is 2.12. The Morgan fingerprint density at radius 1 is 1.00 bits per heavy atom. The smallest absolute Gasteiger partial charge is 0.339 e. The third-order valence-corrected chi connectivity index (χ3v) is 2.40. The first-order valence-corrected chi connectivity index (χ1v) is 5.15. The minimum atomic E-state index is 0.544. The van der Waals surface area contributed by atoms with Crippen LogP contribution in [0, 0.1) is 5.39 Å². The Kier molecular flexibility index (Phi) is 3.47. The maximum Gasteiger partial charge on any atom is 0.339 e. The van der Waals surface area contributed by atoms with Crippen molar-refractivity contribution in [3.63, 3.8) is 0 Å². The monoisotopic (exact) mass is 236 g/mol. The Hall–Kier alpha value is -2.94. The van der Waals surface area contributed by atoms with Crippen LogP contribution in [0.2, 0.25) is 0 Å². The number of hydrogen-bond acceptors (Lipinski definition) is 3. The van der Waals surface area contributed by atoms with Gasteiger partial charge >= 0.3 is 5.08 Å². The molecule has 0 aromatic rings. The average Bonchev–Trinajstić information content (AvgIpc) is 2.41. The molecule has 2 aliphatic rings. The van der Waals surface area contributed by atoms with Crippen LogP contribution in [-0.4, -0.2) is 11.4 Å². The zero-order valence-electron chi connectivity index (χ0n) is 9.30. The van der Waals surface area contributed by atoms with Gasteiger partial charge < -0.3 is 10.6 Å². The Labute approximate surface area is 103 Å². The SMILES string of the molecule is N#[N+]/N=C1/C=CC=CC1=C1C=CC(=NN=[N-])C=C1. The van der Waals surface area contributed by atoms with Gasteiger partial charge in [0, 0.05) is 5.57 Å². The summed E-state index contributed by atoms with van der Waals surface area (Å²) in [6.07, 6.45) is 14.3. The van der Waals surface area contributed by atoms with Gasteiger partial charge in [-0.1, -0.05) is 42.5 Å². The molecule has 2 aliphatic carbocycles. The summed E-state index contributed by atoms with van der Waals surface area (Å²) in [4.78, 5) is 0. The minimum absolute atomic E-state index is 0.544. The van der Waals surface area contributed by atoms with Crippen LogP contribution in [0.3, 0.4) is 0 Å². The molecular weight excluding hydrogens is 228 g/mol. The van der Waals surface area contributed by atoms with Crippen molar-refractivity contribution in [1.82, 2.24) is 0 Å². The van der Waals surface area contributed by atoms with Crippen LogP contribution in [-0.2, 0) is 0 Å². The summed E-state index contributed by atoms with van der Waals surface area (Å²) < 4.78 is 0. The quantitative estimate of drug-likeness (QED) is 0.390. The molecule has 0 N–H and O–H groups in total. The van der Waals surface area contributed by atoms with E-state index < -0.39 is 0 Å².